The van der Waals surface area contributed by atoms with Gasteiger partial charge in [-0.2, -0.15) is 0 Å². The lowest BCUT2D eigenvalue weighted by molar-refractivity contribution is 0.187. The van der Waals surface area contributed by atoms with Crippen LogP contribution in [0.4, 0.5) is 16.2 Å². The topological polar surface area (TPSA) is 93.2 Å². The molecule has 1 aliphatic rings. The second kappa shape index (κ2) is 9.50. The number of carbonyl (C=O) groups excluding carboxylic acids is 1. The summed E-state index contributed by atoms with van der Waals surface area (Å²) in [6, 6.07) is 13.2. The van der Waals surface area contributed by atoms with Gasteiger partial charge < -0.3 is 24.8 Å². The first kappa shape index (κ1) is 19.3. The van der Waals surface area contributed by atoms with E-state index in [-0.39, 0.29) is 0 Å². The van der Waals surface area contributed by atoms with Gasteiger partial charge in [-0.25, -0.2) is 4.79 Å². The maximum atomic E-state index is 11.2. The van der Waals surface area contributed by atoms with E-state index in [1.165, 1.54) is 7.11 Å². The minimum absolute atomic E-state index is 0.495. The Balaban J connectivity index is 1.56. The van der Waals surface area contributed by atoms with Gasteiger partial charge in [0, 0.05) is 37.5 Å². The summed E-state index contributed by atoms with van der Waals surface area (Å²) in [5.41, 5.74) is 2.57. The molecule has 0 fully saturated rings. The van der Waals surface area contributed by atoms with Gasteiger partial charge in [-0.3, -0.25) is 10.3 Å². The molecule has 8 nitrogen and oxygen atoms in total. The molecule has 1 amide bonds. The Labute approximate surface area is 163 Å². The van der Waals surface area contributed by atoms with Crippen molar-refractivity contribution in [3.63, 3.8) is 0 Å². The van der Waals surface area contributed by atoms with E-state index in [9.17, 15) is 4.79 Å². The number of rotatable bonds is 4. The predicted molar refractivity (Wildman–Crippen MR) is 108 cm³/mol. The summed E-state index contributed by atoms with van der Waals surface area (Å²) in [7, 11) is 3.04. The molecule has 2 aromatic rings. The molecular weight excluding hydrogens is 360 g/mol. The van der Waals surface area contributed by atoms with Crippen molar-refractivity contribution in [2.45, 2.75) is 13.0 Å². The number of fused-ring (bicyclic) bond motifs is 1. The third-order valence-electron chi connectivity index (χ3n) is 4.08. The van der Waals surface area contributed by atoms with Crippen LogP contribution in [0.25, 0.3) is 0 Å². The summed E-state index contributed by atoms with van der Waals surface area (Å²) in [5, 5.41) is 9.11. The Hall–Kier alpha value is -3.42. The molecule has 1 heterocycles. The average Bonchev–Trinajstić information content (AvgIpc) is 2.97. The number of ether oxygens (including phenoxy) is 3. The van der Waals surface area contributed by atoms with Crippen LogP contribution in [0.3, 0.4) is 0 Å². The van der Waals surface area contributed by atoms with Gasteiger partial charge in [-0.15, -0.1) is 0 Å². The maximum Gasteiger partial charge on any atom is 0.411 e. The second-order valence-corrected chi connectivity index (χ2v) is 6.08. The number of amides is 1. The van der Waals surface area contributed by atoms with Crippen LogP contribution in [0.5, 0.6) is 11.5 Å². The van der Waals surface area contributed by atoms with E-state index >= 15 is 0 Å². The average molecular weight is 384 g/mol. The summed E-state index contributed by atoms with van der Waals surface area (Å²) >= 11 is 0. The first-order chi connectivity index (χ1) is 13.7. The number of hydrogen-bond donors (Lipinski definition) is 3. The lowest BCUT2D eigenvalue weighted by Gasteiger charge is -2.14. The molecule has 0 unspecified atom stereocenters. The molecule has 0 aliphatic carbocycles. The van der Waals surface area contributed by atoms with Gasteiger partial charge >= 0.3 is 6.09 Å². The quantitative estimate of drug-likeness (QED) is 0.554. The van der Waals surface area contributed by atoms with Gasteiger partial charge in [-0.1, -0.05) is 12.1 Å². The number of anilines is 2. The number of benzene rings is 2. The Morgan fingerprint density at radius 2 is 1.75 bits per heavy atom. The van der Waals surface area contributed by atoms with Crippen LogP contribution >= 0.6 is 0 Å². The summed E-state index contributed by atoms with van der Waals surface area (Å²) in [6.45, 7) is 1.88. The number of aliphatic imine (C=N–C) groups is 1. The largest absolute Gasteiger partial charge is 0.490 e. The minimum Gasteiger partial charge on any atom is -0.490 e. The maximum absolute atomic E-state index is 11.2. The van der Waals surface area contributed by atoms with Crippen molar-refractivity contribution in [2.24, 2.45) is 4.99 Å². The predicted octanol–water partition coefficient (Wildman–Crippen LogP) is 3.21. The summed E-state index contributed by atoms with van der Waals surface area (Å²) in [5.74, 6) is 2.12. The number of nitrogens with zero attached hydrogens (tertiary/aromatic N) is 1. The number of hydrogen-bond acceptors (Lipinski definition) is 5. The fourth-order valence-electron chi connectivity index (χ4n) is 2.62. The lowest BCUT2D eigenvalue weighted by Crippen LogP contribution is -2.30. The number of methoxy groups -OCH3 is 1. The van der Waals surface area contributed by atoms with Gasteiger partial charge in [-0.05, 0) is 29.8 Å². The molecule has 0 saturated carbocycles. The first-order valence-electron chi connectivity index (χ1n) is 8.99. The van der Waals surface area contributed by atoms with Gasteiger partial charge in [0.05, 0.1) is 20.3 Å². The molecule has 1 aliphatic heterocycles. The molecule has 0 atom stereocenters. The zero-order valence-corrected chi connectivity index (χ0v) is 16.0. The zero-order valence-electron chi connectivity index (χ0n) is 16.0. The molecule has 0 spiro atoms. The monoisotopic (exact) mass is 384 g/mol. The van der Waals surface area contributed by atoms with E-state index in [1.54, 1.807) is 7.05 Å². The van der Waals surface area contributed by atoms with Crippen molar-refractivity contribution in [1.29, 1.82) is 0 Å². The molecule has 0 aromatic heterocycles. The van der Waals surface area contributed by atoms with Crippen LogP contribution in [0, 0.1) is 0 Å². The SMILES string of the molecule is CN=C(NCc1ccc(NC(=O)OC)cc1)Nc1ccc2c(c1)OCCCO2. The molecule has 0 saturated heterocycles. The molecule has 3 N–H and O–H groups in total. The second-order valence-electron chi connectivity index (χ2n) is 6.08. The minimum atomic E-state index is -0.495. The normalized spacial score (nSPS) is 13.3. The lowest BCUT2D eigenvalue weighted by atomic mass is 10.2. The molecule has 28 heavy (non-hydrogen) atoms. The highest BCUT2D eigenvalue weighted by atomic mass is 16.5. The van der Waals surface area contributed by atoms with E-state index in [0.29, 0.717) is 31.4 Å². The Kier molecular flexibility index (Phi) is 6.56. The zero-order chi connectivity index (χ0) is 19.8. The molecule has 2 aromatic carbocycles. The Bertz CT molecular complexity index is 837. The Morgan fingerprint density at radius 3 is 2.46 bits per heavy atom. The summed E-state index contributed by atoms with van der Waals surface area (Å²) in [4.78, 5) is 15.5. The van der Waals surface area contributed by atoms with Crippen LogP contribution in [0.2, 0.25) is 0 Å². The van der Waals surface area contributed by atoms with Gasteiger partial charge in [0.15, 0.2) is 17.5 Å². The summed E-state index contributed by atoms with van der Waals surface area (Å²) in [6.07, 6.45) is 0.375. The van der Waals surface area contributed by atoms with Crippen molar-refractivity contribution >= 4 is 23.4 Å². The fraction of sp³-hybridized carbons (Fsp3) is 0.300. The van der Waals surface area contributed by atoms with Crippen LogP contribution < -0.4 is 25.4 Å². The van der Waals surface area contributed by atoms with Gasteiger partial charge in [0.25, 0.3) is 0 Å². The van der Waals surface area contributed by atoms with Crippen LogP contribution in [-0.4, -0.2) is 39.4 Å². The third-order valence-corrected chi connectivity index (χ3v) is 4.08. The standard InChI is InChI=1S/C20H24N4O4/c1-21-19(22-13-14-4-6-15(7-5-14)24-20(25)26-2)23-16-8-9-17-18(12-16)28-11-3-10-27-17/h4-9,12H,3,10-11,13H2,1-2H3,(H,24,25)(H2,21,22,23). The fourth-order valence-corrected chi connectivity index (χ4v) is 2.62. The van der Waals surface area contributed by atoms with Crippen molar-refractivity contribution in [2.75, 3.05) is 38.0 Å². The van der Waals surface area contributed by atoms with Crippen LogP contribution in [0.1, 0.15) is 12.0 Å². The van der Waals surface area contributed by atoms with Crippen molar-refractivity contribution < 1.29 is 19.0 Å². The van der Waals surface area contributed by atoms with Crippen LogP contribution in [-0.2, 0) is 11.3 Å². The first-order valence-corrected chi connectivity index (χ1v) is 8.99. The van der Waals surface area contributed by atoms with Crippen molar-refractivity contribution in [3.8, 4) is 11.5 Å². The number of guanidine groups is 1. The van der Waals surface area contributed by atoms with Crippen molar-refractivity contribution in [3.05, 3.63) is 48.0 Å². The molecule has 148 valence electrons. The van der Waals surface area contributed by atoms with Gasteiger partial charge in [0.1, 0.15) is 0 Å². The Morgan fingerprint density at radius 1 is 1.04 bits per heavy atom. The highest BCUT2D eigenvalue weighted by Gasteiger charge is 2.11. The highest BCUT2D eigenvalue weighted by Crippen LogP contribution is 2.32. The van der Waals surface area contributed by atoms with E-state index < -0.39 is 6.09 Å². The molecule has 3 rings (SSSR count). The van der Waals surface area contributed by atoms with E-state index in [0.717, 1.165) is 29.2 Å². The third kappa shape index (κ3) is 5.29. The smallest absolute Gasteiger partial charge is 0.411 e. The number of carbonyl (C=O) groups is 1. The van der Waals surface area contributed by atoms with E-state index in [2.05, 4.69) is 25.7 Å². The van der Waals surface area contributed by atoms with Crippen molar-refractivity contribution in [1.82, 2.24) is 5.32 Å². The van der Waals surface area contributed by atoms with E-state index in [4.69, 9.17) is 9.47 Å². The number of nitrogens with one attached hydrogen (secondary N) is 3. The highest BCUT2D eigenvalue weighted by molar-refractivity contribution is 5.93. The molecule has 0 bridgehead atoms. The molecule has 8 heteroatoms. The molecule has 0 radical (unpaired) electrons. The van der Waals surface area contributed by atoms with E-state index in [1.807, 2.05) is 42.5 Å². The summed E-state index contributed by atoms with van der Waals surface area (Å²) < 4.78 is 15.9. The molecular formula is C20H24N4O4. The van der Waals surface area contributed by atoms with Gasteiger partial charge in [0.2, 0.25) is 0 Å². The van der Waals surface area contributed by atoms with Crippen LogP contribution in [0.15, 0.2) is 47.5 Å².